The Morgan fingerprint density at radius 1 is 1.25 bits per heavy atom. The predicted molar refractivity (Wildman–Crippen MR) is 59.4 cm³/mol. The molecule has 3 N–H and O–H groups in total. The van der Waals surface area contributed by atoms with Crippen LogP contribution < -0.4 is 5.73 Å². The van der Waals surface area contributed by atoms with E-state index < -0.39 is 12.1 Å². The van der Waals surface area contributed by atoms with Gasteiger partial charge in [0.1, 0.15) is 0 Å². The van der Waals surface area contributed by atoms with Gasteiger partial charge < -0.3 is 15.6 Å². The molecule has 0 aromatic rings. The highest BCUT2D eigenvalue weighted by Gasteiger charge is 2.38. The van der Waals surface area contributed by atoms with E-state index in [4.69, 9.17) is 20.4 Å². The number of nitrogens with two attached hydrogens (primary N) is 1. The van der Waals surface area contributed by atoms with Crippen LogP contribution in [0.4, 0.5) is 13.2 Å². The Labute approximate surface area is 111 Å². The fourth-order valence-corrected chi connectivity index (χ4v) is 0.993. The summed E-state index contributed by atoms with van der Waals surface area (Å²) in [7, 11) is 0. The van der Waals surface area contributed by atoms with Crippen LogP contribution in [-0.2, 0) is 19.1 Å². The van der Waals surface area contributed by atoms with Gasteiger partial charge in [0.15, 0.2) is 0 Å². The lowest BCUT2D eigenvalue weighted by Gasteiger charge is -2.12. The molecule has 0 saturated carbocycles. The summed E-state index contributed by atoms with van der Waals surface area (Å²) in [5, 5.41) is 7.12. The Morgan fingerprint density at radius 3 is 2.05 bits per heavy atom. The van der Waals surface area contributed by atoms with Crippen molar-refractivity contribution in [2.24, 2.45) is 5.73 Å². The number of carboxylic acids is 1. The maximum atomic E-state index is 11.0. The molecule has 0 atom stereocenters. The number of rotatable bonds is 5. The number of ether oxygens (including phenoxy) is 1. The quantitative estimate of drug-likeness (QED) is 0.524. The molecule has 1 heterocycles. The highest BCUT2D eigenvalue weighted by molar-refractivity contribution is 6.12. The topological polar surface area (TPSA) is 110 Å². The van der Waals surface area contributed by atoms with Crippen LogP contribution in [0.3, 0.4) is 0 Å². The number of carboxylic acid groups (broad SMARTS) is 1. The predicted octanol–water partition coefficient (Wildman–Crippen LogP) is -0.480. The standard InChI is InChI=1S/C8H12N2O3.C2HF3O2/c9-3-5-13-6-4-10-7(11)1-2-8(10)12;3-2(4,5)1(6)7/h1-2H,3-6,9H2;(H,6,7). The molecule has 20 heavy (non-hydrogen) atoms. The molecule has 0 aromatic carbocycles. The van der Waals surface area contributed by atoms with E-state index in [1.54, 1.807) is 0 Å². The Hall–Kier alpha value is -1.94. The maximum Gasteiger partial charge on any atom is 0.490 e. The molecule has 2 amide bonds. The summed E-state index contributed by atoms with van der Waals surface area (Å²) in [6.07, 6.45) is -2.57. The molecule has 1 aliphatic rings. The van der Waals surface area contributed by atoms with Crippen molar-refractivity contribution in [3.05, 3.63) is 12.2 Å². The molecule has 7 nitrogen and oxygen atoms in total. The lowest BCUT2D eigenvalue weighted by molar-refractivity contribution is -0.192. The molecule has 0 spiro atoms. The number of alkyl halides is 3. The fourth-order valence-electron chi connectivity index (χ4n) is 0.993. The number of hydrogen-bond acceptors (Lipinski definition) is 5. The van der Waals surface area contributed by atoms with Gasteiger partial charge in [-0.2, -0.15) is 13.2 Å². The number of hydrogen-bond donors (Lipinski definition) is 2. The molecule has 114 valence electrons. The highest BCUT2D eigenvalue weighted by atomic mass is 19.4. The van der Waals surface area contributed by atoms with Gasteiger partial charge in [0.25, 0.3) is 11.8 Å². The number of aliphatic carboxylic acids is 1. The molecule has 0 aromatic heterocycles. The number of nitrogens with zero attached hydrogens (tertiary/aromatic N) is 1. The smallest absolute Gasteiger partial charge is 0.475 e. The summed E-state index contributed by atoms with van der Waals surface area (Å²) < 4.78 is 36.8. The number of imide groups is 1. The average molecular weight is 298 g/mol. The van der Waals surface area contributed by atoms with Gasteiger partial charge in [-0.1, -0.05) is 0 Å². The first-order valence-corrected chi connectivity index (χ1v) is 5.31. The third kappa shape index (κ3) is 6.85. The minimum absolute atomic E-state index is 0.277. The van der Waals surface area contributed by atoms with Crippen LogP contribution in [-0.4, -0.2) is 60.3 Å². The minimum atomic E-state index is -5.08. The zero-order chi connectivity index (χ0) is 15.8. The highest BCUT2D eigenvalue weighted by Crippen LogP contribution is 2.13. The van der Waals surface area contributed by atoms with Crippen LogP contribution in [0.2, 0.25) is 0 Å². The van der Waals surface area contributed by atoms with E-state index in [0.29, 0.717) is 26.3 Å². The first-order chi connectivity index (χ1) is 9.20. The summed E-state index contributed by atoms with van der Waals surface area (Å²) in [5.41, 5.74) is 5.19. The van der Waals surface area contributed by atoms with Gasteiger partial charge >= 0.3 is 12.1 Å². The second-order valence-corrected chi connectivity index (χ2v) is 3.37. The van der Waals surface area contributed by atoms with E-state index in [0.717, 1.165) is 4.90 Å². The fraction of sp³-hybridized carbons (Fsp3) is 0.500. The van der Waals surface area contributed by atoms with Crippen molar-refractivity contribution in [1.29, 1.82) is 0 Å². The van der Waals surface area contributed by atoms with Crippen LogP contribution >= 0.6 is 0 Å². The third-order valence-corrected chi connectivity index (χ3v) is 1.86. The number of carbonyl (C=O) groups is 3. The molecular weight excluding hydrogens is 285 g/mol. The summed E-state index contributed by atoms with van der Waals surface area (Å²) in [6.45, 7) is 1.53. The summed E-state index contributed by atoms with van der Waals surface area (Å²) in [5.74, 6) is -3.31. The van der Waals surface area contributed by atoms with Gasteiger partial charge in [-0.3, -0.25) is 14.5 Å². The third-order valence-electron chi connectivity index (χ3n) is 1.86. The first kappa shape index (κ1) is 18.1. The molecule has 0 bridgehead atoms. The molecule has 10 heteroatoms. The van der Waals surface area contributed by atoms with E-state index in [9.17, 15) is 22.8 Å². The Kier molecular flexibility index (Phi) is 7.47. The summed E-state index contributed by atoms with van der Waals surface area (Å²) in [4.78, 5) is 32.0. The van der Waals surface area contributed by atoms with Gasteiger partial charge in [-0.25, -0.2) is 4.79 Å². The van der Waals surface area contributed by atoms with Crippen molar-refractivity contribution in [2.45, 2.75) is 6.18 Å². The number of carbonyl (C=O) groups excluding carboxylic acids is 2. The zero-order valence-electron chi connectivity index (χ0n) is 10.2. The molecular formula is C10H13F3N2O5. The van der Waals surface area contributed by atoms with Crippen LogP contribution in [0.15, 0.2) is 12.2 Å². The Balaban J connectivity index is 0.000000441. The lowest BCUT2D eigenvalue weighted by Crippen LogP contribution is -2.33. The van der Waals surface area contributed by atoms with E-state index in [1.807, 2.05) is 0 Å². The van der Waals surface area contributed by atoms with Gasteiger partial charge in [0.05, 0.1) is 19.8 Å². The molecule has 1 rings (SSSR count). The Bertz CT molecular complexity index is 377. The van der Waals surface area contributed by atoms with E-state index in [-0.39, 0.29) is 11.8 Å². The van der Waals surface area contributed by atoms with Crippen molar-refractivity contribution in [3.63, 3.8) is 0 Å². The normalized spacial score (nSPS) is 14.3. The van der Waals surface area contributed by atoms with Crippen molar-refractivity contribution in [2.75, 3.05) is 26.3 Å². The van der Waals surface area contributed by atoms with Gasteiger partial charge in [-0.05, 0) is 0 Å². The van der Waals surface area contributed by atoms with Gasteiger partial charge in [0.2, 0.25) is 0 Å². The maximum absolute atomic E-state index is 11.0. The SMILES string of the molecule is NCCOCCN1C(=O)C=CC1=O.O=C(O)C(F)(F)F. The lowest BCUT2D eigenvalue weighted by atomic mass is 10.5. The Morgan fingerprint density at radius 2 is 1.70 bits per heavy atom. The minimum Gasteiger partial charge on any atom is -0.475 e. The van der Waals surface area contributed by atoms with Crippen LogP contribution in [0.25, 0.3) is 0 Å². The molecule has 0 radical (unpaired) electrons. The van der Waals surface area contributed by atoms with Crippen LogP contribution in [0.1, 0.15) is 0 Å². The number of amides is 2. The molecule has 1 aliphatic heterocycles. The first-order valence-electron chi connectivity index (χ1n) is 5.31. The van der Waals surface area contributed by atoms with Crippen molar-refractivity contribution < 1.29 is 37.4 Å². The van der Waals surface area contributed by atoms with E-state index >= 15 is 0 Å². The molecule has 0 aliphatic carbocycles. The second-order valence-electron chi connectivity index (χ2n) is 3.37. The van der Waals surface area contributed by atoms with Crippen molar-refractivity contribution in [1.82, 2.24) is 4.90 Å². The van der Waals surface area contributed by atoms with Crippen molar-refractivity contribution >= 4 is 17.8 Å². The summed E-state index contributed by atoms with van der Waals surface area (Å²) >= 11 is 0. The molecule has 0 unspecified atom stereocenters. The van der Waals surface area contributed by atoms with Crippen LogP contribution in [0, 0.1) is 0 Å². The van der Waals surface area contributed by atoms with Gasteiger partial charge in [0, 0.05) is 18.7 Å². The van der Waals surface area contributed by atoms with E-state index in [2.05, 4.69) is 0 Å². The largest absolute Gasteiger partial charge is 0.490 e. The van der Waals surface area contributed by atoms with Gasteiger partial charge in [-0.15, -0.1) is 0 Å². The monoisotopic (exact) mass is 298 g/mol. The van der Waals surface area contributed by atoms with Crippen LogP contribution in [0.5, 0.6) is 0 Å². The molecule has 0 saturated heterocycles. The zero-order valence-corrected chi connectivity index (χ0v) is 10.2. The summed E-state index contributed by atoms with van der Waals surface area (Å²) in [6, 6.07) is 0. The molecule has 0 fully saturated rings. The number of halogens is 3. The van der Waals surface area contributed by atoms with Crippen molar-refractivity contribution in [3.8, 4) is 0 Å². The average Bonchev–Trinajstić information content (AvgIpc) is 2.65. The second kappa shape index (κ2) is 8.27. The van der Waals surface area contributed by atoms with E-state index in [1.165, 1.54) is 12.2 Å².